The molecular weight excluding hydrogens is 1220 g/mol. The SMILES string of the molecule is C1=CCC/C=C\CC1.S.S.[CH3-].[CH3-].[F-].[F][Sb]([F])([F])([F])[F].[Rh+3].c1ccc(P(CC[C@@H]2CCC[P@@]2c2ccccc2)c2ccccc2)cc1.c1ccc([PH+](CC[C@@H]2CCC[PH+]2c2ccccc2)c2ccccc2)cc1. The summed E-state index contributed by atoms with van der Waals surface area (Å²) in [7, 11) is -1.25. The molecule has 0 aromatic heterocycles. The van der Waals surface area contributed by atoms with Crippen molar-refractivity contribution in [3.63, 3.8) is 0 Å². The molecule has 394 valence electrons. The number of hydrogen-bond donors (Lipinski definition) is 0. The maximum absolute atomic E-state index is 9.91. The van der Waals surface area contributed by atoms with Crippen LogP contribution in [0.5, 0.6) is 0 Å². The predicted molar refractivity (Wildman–Crippen MR) is 323 cm³/mol. The molecule has 0 amide bonds. The van der Waals surface area contributed by atoms with Crippen molar-refractivity contribution in [2.24, 2.45) is 0 Å². The molecule has 72 heavy (non-hydrogen) atoms. The molecule has 2 aliphatic heterocycles. The third kappa shape index (κ3) is 26.3. The van der Waals surface area contributed by atoms with Crippen LogP contribution in [0, 0.1) is 14.9 Å². The van der Waals surface area contributed by atoms with Crippen LogP contribution in [0.25, 0.3) is 0 Å². The monoisotopic (exact) mass is 1300 g/mol. The maximum atomic E-state index is 9.91. The average molecular weight is 1300 g/mol. The van der Waals surface area contributed by atoms with Crippen molar-refractivity contribution in [3.8, 4) is 0 Å². The van der Waals surface area contributed by atoms with Gasteiger partial charge in [-0.3, -0.25) is 0 Å². The van der Waals surface area contributed by atoms with E-state index in [4.69, 9.17) is 0 Å². The Labute approximate surface area is 466 Å². The van der Waals surface area contributed by atoms with Gasteiger partial charge in [0.2, 0.25) is 0 Å². The summed E-state index contributed by atoms with van der Waals surface area (Å²) < 4.78 is 49.6. The van der Waals surface area contributed by atoms with Gasteiger partial charge in [-0.25, -0.2) is 0 Å². The van der Waals surface area contributed by atoms with E-state index in [-0.39, 0.29) is 89.8 Å². The van der Waals surface area contributed by atoms with Crippen LogP contribution in [-0.4, -0.2) is 56.3 Å². The number of allylic oxidation sites excluding steroid dienone is 4. The van der Waals surface area contributed by atoms with E-state index in [1.54, 1.807) is 21.2 Å². The van der Waals surface area contributed by atoms with E-state index >= 15 is 0 Å². The van der Waals surface area contributed by atoms with E-state index in [0.29, 0.717) is 0 Å². The van der Waals surface area contributed by atoms with Crippen LogP contribution < -0.4 is 36.5 Å². The van der Waals surface area contributed by atoms with E-state index in [0.717, 1.165) is 11.3 Å². The summed E-state index contributed by atoms with van der Waals surface area (Å²) in [6, 6.07) is 67.5. The van der Waals surface area contributed by atoms with E-state index in [1.807, 2.05) is 0 Å². The topological polar surface area (TPSA) is 0 Å². The standard InChI is InChI=1S/2C24H26P2.C8H12.2CH3.6FH.Rh.2H2S.Sb/c2*1-4-11-21(12-5-1)25-19-10-17-24(25)18-20-26(22-13-6-2-7-14-22)23-15-8-3-9-16-23;1-2-4-6-8-7-5-3-1;;;;;;;;;;;;/h2*1-9,11-16,24H,10,17-20H2;1-2,7-8H,3-6H2;2*1H3;6*1H;;2*1H2;/q;;;2*-1;;;;;;;+3;;;+5/p-4/b;;2-1-,8-7?;;;;;;;;;;;;/t24-,25?;24-,25-;;;;;;;;;;;;;/m00............./s1. The predicted octanol–water partition coefficient (Wildman–Crippen LogP) is 12.9. The van der Waals surface area contributed by atoms with Crippen LogP contribution in [0.15, 0.2) is 206 Å². The first kappa shape index (κ1) is 70.2. The molecule has 2 heterocycles. The molecule has 0 nitrogen and oxygen atoms in total. The smallest absolute Gasteiger partial charge is 0.0721 e. The zero-order chi connectivity index (χ0) is 46.3. The minimum absolute atomic E-state index is 0. The number of benzene rings is 6. The molecule has 1 aliphatic carbocycles. The van der Waals surface area contributed by atoms with Gasteiger partial charge in [0.25, 0.3) is 0 Å². The van der Waals surface area contributed by atoms with E-state index in [9.17, 15) is 14.1 Å². The molecule has 0 N–H and O–H groups in total. The average Bonchev–Trinajstić information content (AvgIpc) is 4.01. The fraction of sp³-hybridized carbons (Fsp3) is 0.276. The zero-order valence-corrected chi connectivity index (χ0v) is 51.6. The Morgan fingerprint density at radius 2 is 0.917 bits per heavy atom. The Kier molecular flexibility index (Phi) is 37.0. The van der Waals surface area contributed by atoms with Crippen molar-refractivity contribution in [1.82, 2.24) is 0 Å². The van der Waals surface area contributed by atoms with E-state index < -0.39 is 28.2 Å². The summed E-state index contributed by atoms with van der Waals surface area (Å²) in [5, 5.41) is 9.46. The van der Waals surface area contributed by atoms with Gasteiger partial charge < -0.3 is 19.6 Å². The first-order valence-corrected chi connectivity index (χ1v) is 35.0. The van der Waals surface area contributed by atoms with Crippen LogP contribution in [0.2, 0.25) is 0 Å². The molecule has 6 aromatic carbocycles. The van der Waals surface area contributed by atoms with Gasteiger partial charge in [0.15, 0.2) is 0 Å². The minimum atomic E-state index is -9.19. The van der Waals surface area contributed by atoms with Gasteiger partial charge in [-0.2, -0.15) is 27.0 Å². The van der Waals surface area contributed by atoms with E-state index in [1.165, 1.54) is 99.5 Å². The van der Waals surface area contributed by atoms with Crippen molar-refractivity contribution < 1.29 is 38.2 Å². The Morgan fingerprint density at radius 3 is 1.35 bits per heavy atom. The molecule has 0 radical (unpaired) electrons. The van der Waals surface area contributed by atoms with Crippen molar-refractivity contribution in [2.75, 3.05) is 24.6 Å². The zero-order valence-electron chi connectivity index (χ0n) is 41.6. The first-order valence-electron chi connectivity index (χ1n) is 23.5. The summed E-state index contributed by atoms with van der Waals surface area (Å²) >= 11 is -9.19. The van der Waals surface area contributed by atoms with Crippen molar-refractivity contribution >= 4 is 111 Å². The fourth-order valence-corrected chi connectivity index (χ4v) is 21.3. The second-order valence-electron chi connectivity index (χ2n) is 16.9. The molecule has 6 aromatic rings. The van der Waals surface area contributed by atoms with Gasteiger partial charge in [0, 0.05) is 14.3 Å². The first-order chi connectivity index (χ1) is 32.1. The Hall–Kier alpha value is -1.76. The molecule has 1 unspecified atom stereocenters. The summed E-state index contributed by atoms with van der Waals surface area (Å²) in [4.78, 5) is 0. The Balaban J connectivity index is 0.00000104. The quantitative estimate of drug-likeness (QED) is 0.0377. The molecule has 3 aliphatic rings. The maximum Gasteiger partial charge on any atom is 3.00 e. The van der Waals surface area contributed by atoms with Crippen LogP contribution in [0.1, 0.15) is 64.2 Å². The summed E-state index contributed by atoms with van der Waals surface area (Å²) in [5.41, 5.74) is 1.86. The second kappa shape index (κ2) is 37.9. The van der Waals surface area contributed by atoms with Crippen molar-refractivity contribution in [2.45, 2.75) is 75.5 Å². The van der Waals surface area contributed by atoms with Crippen molar-refractivity contribution in [3.05, 3.63) is 221 Å². The molecule has 0 spiro atoms. The molecule has 0 bridgehead atoms. The molecule has 4 atom stereocenters. The molecule has 9 rings (SSSR count). The van der Waals surface area contributed by atoms with Gasteiger partial charge in [0.05, 0.1) is 41.8 Å². The van der Waals surface area contributed by atoms with Crippen LogP contribution in [0.3, 0.4) is 0 Å². The second-order valence-corrected chi connectivity index (χ2v) is 31.1. The third-order valence-electron chi connectivity index (χ3n) is 12.2. The normalized spacial score (nSPS) is 18.5. The van der Waals surface area contributed by atoms with Gasteiger partial charge in [-0.1, -0.05) is 178 Å². The van der Waals surface area contributed by atoms with Gasteiger partial charge >= 0.3 is 53.8 Å². The van der Waals surface area contributed by atoms with Crippen LogP contribution >= 0.6 is 58.7 Å². The Morgan fingerprint density at radius 1 is 0.528 bits per heavy atom. The van der Waals surface area contributed by atoms with E-state index in [2.05, 4.69) is 206 Å². The van der Waals surface area contributed by atoms with Crippen LogP contribution in [-0.2, 0) is 19.5 Å². The van der Waals surface area contributed by atoms with Gasteiger partial charge in [-0.15, -0.1) is 0 Å². The third-order valence-corrected chi connectivity index (χ3v) is 24.3. The molecule has 2 saturated heterocycles. The number of hydrogen-bond acceptors (Lipinski definition) is 0. The summed E-state index contributed by atoms with van der Waals surface area (Å²) in [5.74, 6) is 0. The van der Waals surface area contributed by atoms with Gasteiger partial charge in [-0.05, 0) is 136 Å². The molecular formula is C58H76F6P4RhS2Sb+2. The molecule has 0 saturated carbocycles. The Bertz CT molecular complexity index is 2040. The van der Waals surface area contributed by atoms with Crippen molar-refractivity contribution in [1.29, 1.82) is 0 Å². The van der Waals surface area contributed by atoms with Crippen LogP contribution in [0.4, 0.5) is 14.1 Å². The number of halogens is 6. The minimum Gasteiger partial charge on any atom is -0.0721 e. The largest absolute Gasteiger partial charge is 3.00 e. The summed E-state index contributed by atoms with van der Waals surface area (Å²) in [6.07, 6.45) is 28.1. The number of rotatable bonds is 12. The van der Waals surface area contributed by atoms with Gasteiger partial charge in [0.1, 0.15) is 0 Å². The fourth-order valence-electron chi connectivity index (χ4n) is 9.17. The summed E-state index contributed by atoms with van der Waals surface area (Å²) in [6.45, 7) is 0. The molecule has 2 fully saturated rings. The molecule has 14 heteroatoms.